The Labute approximate surface area is 114 Å². The lowest BCUT2D eigenvalue weighted by Crippen LogP contribution is -2.33. The summed E-state index contributed by atoms with van der Waals surface area (Å²) in [4.78, 5) is 8.88. The number of hydrogen-bond donors (Lipinski definition) is 2. The molecule has 0 radical (unpaired) electrons. The molecule has 1 atom stereocenters. The first kappa shape index (κ1) is 13.7. The fourth-order valence-electron chi connectivity index (χ4n) is 2.14. The largest absolute Gasteiger partial charge is 0.367 e. The predicted molar refractivity (Wildman–Crippen MR) is 80.1 cm³/mol. The van der Waals surface area contributed by atoms with Gasteiger partial charge in [0.1, 0.15) is 5.82 Å². The summed E-state index contributed by atoms with van der Waals surface area (Å²) < 4.78 is 0. The molecular formula is C15H22N4. The first-order valence-corrected chi connectivity index (χ1v) is 6.65. The fraction of sp³-hybridized carbons (Fsp3) is 0.467. The molecule has 4 heteroatoms. The van der Waals surface area contributed by atoms with Crippen molar-refractivity contribution in [3.05, 3.63) is 30.5 Å². The monoisotopic (exact) mass is 258 g/mol. The van der Waals surface area contributed by atoms with E-state index in [1.54, 1.807) is 6.20 Å². The van der Waals surface area contributed by atoms with Crippen LogP contribution in [0.15, 0.2) is 30.5 Å². The topological polar surface area (TPSA) is 63.8 Å². The summed E-state index contributed by atoms with van der Waals surface area (Å²) in [6, 6.07) is 7.96. The smallest absolute Gasteiger partial charge is 0.145 e. The summed E-state index contributed by atoms with van der Waals surface area (Å²) in [5.74, 6) is 0.781. The molecule has 0 amide bonds. The zero-order valence-corrected chi connectivity index (χ0v) is 11.9. The molecule has 1 unspecified atom stereocenters. The number of para-hydroxylation sites is 2. The Kier molecular flexibility index (Phi) is 4.00. The second-order valence-corrected chi connectivity index (χ2v) is 6.15. The van der Waals surface area contributed by atoms with Gasteiger partial charge in [0.2, 0.25) is 0 Å². The van der Waals surface area contributed by atoms with E-state index in [4.69, 9.17) is 5.73 Å². The van der Waals surface area contributed by atoms with E-state index >= 15 is 0 Å². The maximum absolute atomic E-state index is 6.11. The molecular weight excluding hydrogens is 236 g/mol. The van der Waals surface area contributed by atoms with E-state index in [0.29, 0.717) is 6.54 Å². The third-order valence-electron chi connectivity index (χ3n) is 2.87. The first-order valence-electron chi connectivity index (χ1n) is 6.65. The maximum Gasteiger partial charge on any atom is 0.145 e. The Balaban J connectivity index is 1.98. The Morgan fingerprint density at radius 3 is 2.58 bits per heavy atom. The molecule has 102 valence electrons. The number of rotatable bonds is 4. The van der Waals surface area contributed by atoms with E-state index in [1.807, 2.05) is 24.3 Å². The quantitative estimate of drug-likeness (QED) is 0.885. The molecule has 0 spiro atoms. The highest BCUT2D eigenvalue weighted by Gasteiger charge is 2.15. The zero-order valence-electron chi connectivity index (χ0n) is 11.9. The van der Waals surface area contributed by atoms with E-state index in [9.17, 15) is 0 Å². The molecule has 2 aromatic rings. The van der Waals surface area contributed by atoms with E-state index in [2.05, 4.69) is 36.1 Å². The molecule has 4 nitrogen and oxygen atoms in total. The van der Waals surface area contributed by atoms with Crippen LogP contribution in [0.4, 0.5) is 5.82 Å². The van der Waals surface area contributed by atoms with Crippen molar-refractivity contribution in [2.24, 2.45) is 11.1 Å². The van der Waals surface area contributed by atoms with Crippen LogP contribution in [0.5, 0.6) is 0 Å². The molecule has 0 fully saturated rings. The van der Waals surface area contributed by atoms with Crippen molar-refractivity contribution in [2.75, 3.05) is 11.9 Å². The Bertz CT molecular complexity index is 545. The number of anilines is 1. The molecule has 0 aliphatic carbocycles. The normalized spacial score (nSPS) is 13.5. The van der Waals surface area contributed by atoms with Crippen molar-refractivity contribution >= 4 is 16.9 Å². The van der Waals surface area contributed by atoms with Gasteiger partial charge in [-0.2, -0.15) is 0 Å². The van der Waals surface area contributed by atoms with Crippen LogP contribution in [-0.2, 0) is 0 Å². The van der Waals surface area contributed by atoms with Crippen molar-refractivity contribution in [1.29, 1.82) is 0 Å². The minimum absolute atomic E-state index is 0.119. The summed E-state index contributed by atoms with van der Waals surface area (Å²) in [5, 5.41) is 3.26. The fourth-order valence-corrected chi connectivity index (χ4v) is 2.14. The van der Waals surface area contributed by atoms with Crippen LogP contribution < -0.4 is 11.1 Å². The van der Waals surface area contributed by atoms with Gasteiger partial charge in [-0.25, -0.2) is 4.98 Å². The van der Waals surface area contributed by atoms with Crippen molar-refractivity contribution in [2.45, 2.75) is 33.2 Å². The predicted octanol–water partition coefficient (Wildman–Crippen LogP) is 2.81. The number of hydrogen-bond acceptors (Lipinski definition) is 4. The lowest BCUT2D eigenvalue weighted by Gasteiger charge is -2.23. The lowest BCUT2D eigenvalue weighted by molar-refractivity contribution is 0.344. The van der Waals surface area contributed by atoms with E-state index in [0.717, 1.165) is 23.3 Å². The molecule has 0 bridgehead atoms. The van der Waals surface area contributed by atoms with Gasteiger partial charge < -0.3 is 11.1 Å². The minimum atomic E-state index is 0.119. The molecule has 0 aliphatic heterocycles. The van der Waals surface area contributed by atoms with Crippen LogP contribution in [0.25, 0.3) is 11.0 Å². The van der Waals surface area contributed by atoms with Gasteiger partial charge in [0.15, 0.2) is 0 Å². The maximum atomic E-state index is 6.11. The highest BCUT2D eigenvalue weighted by Crippen LogP contribution is 2.20. The van der Waals surface area contributed by atoms with Gasteiger partial charge in [-0.1, -0.05) is 32.9 Å². The average molecular weight is 258 g/mol. The van der Waals surface area contributed by atoms with Crippen molar-refractivity contribution < 1.29 is 0 Å². The summed E-state index contributed by atoms with van der Waals surface area (Å²) in [7, 11) is 0. The molecule has 3 N–H and O–H groups in total. The highest BCUT2D eigenvalue weighted by atomic mass is 15.0. The second-order valence-electron chi connectivity index (χ2n) is 6.15. The van der Waals surface area contributed by atoms with Crippen LogP contribution in [0.3, 0.4) is 0 Å². The number of benzene rings is 1. The van der Waals surface area contributed by atoms with Gasteiger partial charge in [-0.15, -0.1) is 0 Å². The zero-order chi connectivity index (χ0) is 13.9. The van der Waals surface area contributed by atoms with E-state index in [-0.39, 0.29) is 11.5 Å². The molecule has 19 heavy (non-hydrogen) atoms. The SMILES string of the molecule is CC(C)(C)CC(N)CNc1cnc2ccccc2n1. The van der Waals surface area contributed by atoms with Crippen molar-refractivity contribution in [3.8, 4) is 0 Å². The molecule has 0 saturated carbocycles. The van der Waals surface area contributed by atoms with Crippen LogP contribution in [0.1, 0.15) is 27.2 Å². The van der Waals surface area contributed by atoms with Gasteiger partial charge in [-0.3, -0.25) is 4.98 Å². The molecule has 1 heterocycles. The minimum Gasteiger partial charge on any atom is -0.367 e. The standard InChI is InChI=1S/C15H22N4/c1-15(2,3)8-11(16)9-18-14-10-17-12-6-4-5-7-13(12)19-14/h4-7,10-11H,8-9,16H2,1-3H3,(H,18,19). The Morgan fingerprint density at radius 1 is 1.21 bits per heavy atom. The Hall–Kier alpha value is -1.68. The third kappa shape index (κ3) is 4.17. The number of nitrogens with two attached hydrogens (primary N) is 1. The summed E-state index contributed by atoms with van der Waals surface area (Å²) in [6.07, 6.45) is 2.73. The van der Waals surface area contributed by atoms with Crippen LogP contribution in [-0.4, -0.2) is 22.6 Å². The van der Waals surface area contributed by atoms with Gasteiger partial charge in [0.25, 0.3) is 0 Å². The first-order chi connectivity index (χ1) is 8.94. The summed E-state index contributed by atoms with van der Waals surface area (Å²) in [6.45, 7) is 7.30. The highest BCUT2D eigenvalue weighted by molar-refractivity contribution is 5.75. The van der Waals surface area contributed by atoms with Gasteiger partial charge in [0.05, 0.1) is 17.2 Å². The summed E-state index contributed by atoms with van der Waals surface area (Å²) in [5.41, 5.74) is 8.17. The molecule has 0 saturated heterocycles. The van der Waals surface area contributed by atoms with E-state index in [1.165, 1.54) is 0 Å². The van der Waals surface area contributed by atoms with E-state index < -0.39 is 0 Å². The number of aromatic nitrogens is 2. The van der Waals surface area contributed by atoms with Gasteiger partial charge in [0, 0.05) is 12.6 Å². The number of nitrogens with zero attached hydrogens (tertiary/aromatic N) is 2. The lowest BCUT2D eigenvalue weighted by atomic mass is 9.88. The summed E-state index contributed by atoms with van der Waals surface area (Å²) >= 11 is 0. The van der Waals surface area contributed by atoms with Gasteiger partial charge in [-0.05, 0) is 24.0 Å². The van der Waals surface area contributed by atoms with Crippen LogP contribution in [0, 0.1) is 5.41 Å². The molecule has 1 aromatic heterocycles. The molecule has 0 aliphatic rings. The van der Waals surface area contributed by atoms with Crippen LogP contribution >= 0.6 is 0 Å². The Morgan fingerprint density at radius 2 is 1.89 bits per heavy atom. The number of nitrogens with one attached hydrogen (secondary N) is 1. The average Bonchev–Trinajstić information content (AvgIpc) is 2.34. The number of fused-ring (bicyclic) bond motifs is 1. The molecule has 1 aromatic carbocycles. The third-order valence-corrected chi connectivity index (χ3v) is 2.87. The van der Waals surface area contributed by atoms with Gasteiger partial charge >= 0.3 is 0 Å². The molecule has 2 rings (SSSR count). The van der Waals surface area contributed by atoms with Crippen molar-refractivity contribution in [3.63, 3.8) is 0 Å². The second kappa shape index (κ2) is 5.53. The van der Waals surface area contributed by atoms with Crippen LogP contribution in [0.2, 0.25) is 0 Å². The van der Waals surface area contributed by atoms with Crippen molar-refractivity contribution in [1.82, 2.24) is 9.97 Å².